The highest BCUT2D eigenvalue weighted by Crippen LogP contribution is 2.30. The second-order valence-electron chi connectivity index (χ2n) is 8.06. The van der Waals surface area contributed by atoms with Crippen LogP contribution in [0.25, 0.3) is 5.57 Å². The van der Waals surface area contributed by atoms with Gasteiger partial charge in [-0.15, -0.1) is 0 Å². The van der Waals surface area contributed by atoms with Crippen molar-refractivity contribution in [1.29, 1.82) is 0 Å². The zero-order valence-corrected chi connectivity index (χ0v) is 18.9. The highest BCUT2D eigenvalue weighted by molar-refractivity contribution is 6.30. The van der Waals surface area contributed by atoms with Crippen molar-refractivity contribution >= 4 is 29.0 Å². The number of carbonyl (C=O) groups excluding carboxylic acids is 2. The van der Waals surface area contributed by atoms with Crippen LogP contribution in [0.2, 0.25) is 5.02 Å². The normalized spacial score (nSPS) is 16.7. The van der Waals surface area contributed by atoms with E-state index >= 15 is 0 Å². The summed E-state index contributed by atoms with van der Waals surface area (Å²) in [5, 5.41) is 0.649. The molecule has 0 saturated carbocycles. The van der Waals surface area contributed by atoms with Gasteiger partial charge in [0.1, 0.15) is 17.5 Å². The number of hydrogen-bond donors (Lipinski definition) is 0. The quantitative estimate of drug-likeness (QED) is 0.597. The number of allylic oxidation sites excluding steroid dienone is 4. The fourth-order valence-electron chi connectivity index (χ4n) is 3.93. The molecule has 7 heteroatoms. The standard InChI is InChI=1S/C26H24ClFN2O3/c27-23-6-3-20(4-7-23)21-5-10-25(22(15-21)17-31)33-18-26(32)30-13-11-29(12-14-30)16-19-1-8-24(28)9-2-19/h1-10H,11-16,18H2. The number of nitrogens with zero attached hydrogens (tertiary/aromatic N) is 2. The van der Waals surface area contributed by atoms with E-state index in [9.17, 15) is 14.0 Å². The van der Waals surface area contributed by atoms with Gasteiger partial charge in [-0.25, -0.2) is 9.18 Å². The van der Waals surface area contributed by atoms with Crippen LogP contribution in [0.15, 0.2) is 72.0 Å². The average Bonchev–Trinajstić information content (AvgIpc) is 2.85. The van der Waals surface area contributed by atoms with Crippen LogP contribution in [-0.4, -0.2) is 54.4 Å². The van der Waals surface area contributed by atoms with Gasteiger partial charge in [0.2, 0.25) is 0 Å². The van der Waals surface area contributed by atoms with Crippen LogP contribution in [0.5, 0.6) is 0 Å². The maximum atomic E-state index is 13.1. The molecule has 0 radical (unpaired) electrons. The molecule has 0 spiro atoms. The first kappa shape index (κ1) is 23.0. The van der Waals surface area contributed by atoms with Crippen LogP contribution >= 0.6 is 11.6 Å². The average molecular weight is 467 g/mol. The monoisotopic (exact) mass is 466 g/mol. The lowest BCUT2D eigenvalue weighted by molar-refractivity contribution is -0.136. The van der Waals surface area contributed by atoms with E-state index in [-0.39, 0.29) is 18.3 Å². The Labute approximate surface area is 197 Å². The molecule has 1 aliphatic heterocycles. The summed E-state index contributed by atoms with van der Waals surface area (Å²) >= 11 is 5.94. The maximum absolute atomic E-state index is 13.1. The molecule has 2 aromatic carbocycles. The molecule has 0 N–H and O–H groups in total. The predicted molar refractivity (Wildman–Crippen MR) is 126 cm³/mol. The van der Waals surface area contributed by atoms with E-state index in [1.54, 1.807) is 35.2 Å². The third-order valence-electron chi connectivity index (χ3n) is 5.83. The molecule has 5 nitrogen and oxygen atoms in total. The summed E-state index contributed by atoms with van der Waals surface area (Å²) in [4.78, 5) is 28.1. The van der Waals surface area contributed by atoms with Gasteiger partial charge >= 0.3 is 0 Å². The molecule has 0 aromatic heterocycles. The Kier molecular flexibility index (Phi) is 7.40. The van der Waals surface area contributed by atoms with Crippen molar-refractivity contribution in [3.63, 3.8) is 0 Å². The number of carbonyl (C=O) groups is 1. The highest BCUT2D eigenvalue weighted by Gasteiger charge is 2.23. The minimum Gasteiger partial charge on any atom is -0.483 e. The summed E-state index contributed by atoms with van der Waals surface area (Å²) in [5.41, 5.74) is 3.36. The summed E-state index contributed by atoms with van der Waals surface area (Å²) in [6, 6.07) is 13.9. The van der Waals surface area contributed by atoms with Crippen molar-refractivity contribution in [3.05, 3.63) is 94.0 Å². The van der Waals surface area contributed by atoms with Gasteiger partial charge in [-0.3, -0.25) is 9.69 Å². The number of ether oxygens (including phenoxy) is 1. The van der Waals surface area contributed by atoms with Crippen molar-refractivity contribution < 1.29 is 18.7 Å². The molecule has 4 rings (SSSR count). The second kappa shape index (κ2) is 10.6. The van der Waals surface area contributed by atoms with Gasteiger partial charge in [0.25, 0.3) is 5.91 Å². The Morgan fingerprint density at radius 3 is 2.36 bits per heavy atom. The molecule has 1 saturated heterocycles. The Morgan fingerprint density at radius 2 is 1.70 bits per heavy atom. The lowest BCUT2D eigenvalue weighted by Crippen LogP contribution is -2.49. The van der Waals surface area contributed by atoms with Gasteiger partial charge in [-0.2, -0.15) is 0 Å². The topological polar surface area (TPSA) is 49.9 Å². The zero-order chi connectivity index (χ0) is 23.2. The molecule has 0 atom stereocenters. The van der Waals surface area contributed by atoms with E-state index in [4.69, 9.17) is 16.3 Å². The van der Waals surface area contributed by atoms with Gasteiger partial charge < -0.3 is 9.64 Å². The van der Waals surface area contributed by atoms with Crippen LogP contribution < -0.4 is 0 Å². The van der Waals surface area contributed by atoms with E-state index in [1.165, 1.54) is 12.1 Å². The SMILES string of the molecule is O=C=C1CC(c2ccc(Cl)cc2)=CC=C1OCC(=O)N1CCN(Cc2ccc(F)cc2)CC1. The van der Waals surface area contributed by atoms with Crippen LogP contribution in [-0.2, 0) is 20.9 Å². The van der Waals surface area contributed by atoms with Crippen LogP contribution in [0, 0.1) is 5.82 Å². The van der Waals surface area contributed by atoms with Gasteiger partial charge in [-0.1, -0.05) is 41.9 Å². The van der Waals surface area contributed by atoms with E-state index in [1.807, 2.05) is 24.2 Å². The number of hydrogen-bond acceptors (Lipinski definition) is 4. The van der Waals surface area contributed by atoms with Crippen LogP contribution in [0.3, 0.4) is 0 Å². The summed E-state index contributed by atoms with van der Waals surface area (Å²) in [6.45, 7) is 3.26. The lowest BCUT2D eigenvalue weighted by atomic mass is 9.93. The van der Waals surface area contributed by atoms with E-state index in [2.05, 4.69) is 4.90 Å². The van der Waals surface area contributed by atoms with Gasteiger partial charge in [-0.05, 0) is 47.0 Å². The number of halogens is 2. The number of rotatable bonds is 6. The summed E-state index contributed by atoms with van der Waals surface area (Å²) in [7, 11) is 0. The molecule has 1 fully saturated rings. The number of amides is 1. The van der Waals surface area contributed by atoms with Crippen molar-refractivity contribution in [1.82, 2.24) is 9.80 Å². The second-order valence-corrected chi connectivity index (χ2v) is 8.50. The summed E-state index contributed by atoms with van der Waals surface area (Å²) < 4.78 is 18.8. The fourth-order valence-corrected chi connectivity index (χ4v) is 4.06. The first-order valence-corrected chi connectivity index (χ1v) is 11.2. The molecule has 1 amide bonds. The molecule has 2 aliphatic rings. The van der Waals surface area contributed by atoms with Gasteiger partial charge in [0.15, 0.2) is 6.61 Å². The fraction of sp³-hybridized carbons (Fsp3) is 0.269. The predicted octanol–water partition coefficient (Wildman–Crippen LogP) is 4.27. The minimum absolute atomic E-state index is 0.116. The largest absolute Gasteiger partial charge is 0.483 e. The molecule has 0 bridgehead atoms. The molecule has 1 heterocycles. The summed E-state index contributed by atoms with van der Waals surface area (Å²) in [5.74, 6) is 1.97. The molecule has 33 heavy (non-hydrogen) atoms. The third kappa shape index (κ3) is 5.99. The minimum atomic E-state index is -0.244. The number of piperazine rings is 1. The van der Waals surface area contributed by atoms with E-state index in [0.717, 1.165) is 36.3 Å². The van der Waals surface area contributed by atoms with Gasteiger partial charge in [0, 0.05) is 44.2 Å². The van der Waals surface area contributed by atoms with E-state index < -0.39 is 0 Å². The van der Waals surface area contributed by atoms with E-state index in [0.29, 0.717) is 35.9 Å². The lowest BCUT2D eigenvalue weighted by Gasteiger charge is -2.34. The number of benzene rings is 2. The Morgan fingerprint density at radius 1 is 1.00 bits per heavy atom. The van der Waals surface area contributed by atoms with Crippen LogP contribution in [0.4, 0.5) is 4.39 Å². The van der Waals surface area contributed by atoms with Crippen molar-refractivity contribution in [2.45, 2.75) is 13.0 Å². The zero-order valence-electron chi connectivity index (χ0n) is 18.1. The van der Waals surface area contributed by atoms with Crippen molar-refractivity contribution in [2.75, 3.05) is 32.8 Å². The molecular weight excluding hydrogens is 443 g/mol. The van der Waals surface area contributed by atoms with Gasteiger partial charge in [0.05, 0.1) is 5.57 Å². The first-order chi connectivity index (χ1) is 16.0. The van der Waals surface area contributed by atoms with Crippen LogP contribution in [0.1, 0.15) is 17.5 Å². The van der Waals surface area contributed by atoms with Crippen molar-refractivity contribution in [3.8, 4) is 0 Å². The molecule has 1 aliphatic carbocycles. The Bertz CT molecular complexity index is 1110. The third-order valence-corrected chi connectivity index (χ3v) is 6.09. The molecular formula is C26H24ClFN2O3. The maximum Gasteiger partial charge on any atom is 0.260 e. The Balaban J connectivity index is 1.29. The first-order valence-electron chi connectivity index (χ1n) is 10.8. The summed E-state index contributed by atoms with van der Waals surface area (Å²) in [6.07, 6.45) is 3.98. The highest BCUT2D eigenvalue weighted by atomic mass is 35.5. The molecule has 2 aromatic rings. The molecule has 0 unspecified atom stereocenters. The Hall–Kier alpha value is -3.18. The molecule has 170 valence electrons. The van der Waals surface area contributed by atoms with Crippen molar-refractivity contribution in [2.24, 2.45) is 0 Å². The smallest absolute Gasteiger partial charge is 0.260 e.